The Morgan fingerprint density at radius 1 is 1.17 bits per heavy atom. The van der Waals surface area contributed by atoms with Crippen LogP contribution in [0.4, 0.5) is 10.1 Å². The zero-order valence-corrected chi connectivity index (χ0v) is 18.6. The van der Waals surface area contributed by atoms with Crippen LogP contribution < -0.4 is 14.4 Å². The zero-order valence-electron chi connectivity index (χ0n) is 16.2. The minimum atomic E-state index is -0.492. The summed E-state index contributed by atoms with van der Waals surface area (Å²) in [7, 11) is 3.83. The SMILES string of the molecule is CN(C)CCN(C(=O)c1ccc([N+](=O)[O-])s1)c1nc2cc3c(cc2s1)OCCO3.Cl. The van der Waals surface area contributed by atoms with E-state index < -0.39 is 4.92 Å². The first-order chi connectivity index (χ1) is 13.9. The van der Waals surface area contributed by atoms with Gasteiger partial charge in [0.1, 0.15) is 13.2 Å². The summed E-state index contributed by atoms with van der Waals surface area (Å²) >= 11 is 2.24. The van der Waals surface area contributed by atoms with Crippen LogP contribution in [0.25, 0.3) is 10.2 Å². The van der Waals surface area contributed by atoms with Crippen LogP contribution in [0.5, 0.6) is 11.5 Å². The molecular formula is C18H19ClN4O5S2. The Balaban J connectivity index is 0.00000256. The van der Waals surface area contributed by atoms with Crippen LogP contribution in [0.1, 0.15) is 9.67 Å². The fourth-order valence-corrected chi connectivity index (χ4v) is 4.60. The van der Waals surface area contributed by atoms with E-state index >= 15 is 0 Å². The number of carbonyl (C=O) groups is 1. The van der Waals surface area contributed by atoms with Crippen LogP contribution in [0, 0.1) is 10.1 Å². The van der Waals surface area contributed by atoms with Gasteiger partial charge in [0.05, 0.1) is 20.0 Å². The second-order valence-corrected chi connectivity index (χ2v) is 8.69. The maximum absolute atomic E-state index is 13.1. The van der Waals surface area contributed by atoms with Crippen molar-refractivity contribution >= 4 is 61.3 Å². The highest BCUT2D eigenvalue weighted by atomic mass is 35.5. The van der Waals surface area contributed by atoms with Gasteiger partial charge in [-0.15, -0.1) is 12.4 Å². The van der Waals surface area contributed by atoms with Gasteiger partial charge in [-0.25, -0.2) is 4.98 Å². The van der Waals surface area contributed by atoms with Gasteiger partial charge in [0.2, 0.25) is 0 Å². The normalized spacial score (nSPS) is 12.6. The first-order valence-electron chi connectivity index (χ1n) is 8.83. The van der Waals surface area contributed by atoms with Gasteiger partial charge < -0.3 is 14.4 Å². The predicted octanol–water partition coefficient (Wildman–Crippen LogP) is 3.67. The highest BCUT2D eigenvalue weighted by Gasteiger charge is 2.25. The number of hydrogen-bond acceptors (Lipinski definition) is 9. The Hall–Kier alpha value is -2.47. The van der Waals surface area contributed by atoms with Crippen molar-refractivity contribution in [1.82, 2.24) is 9.88 Å². The van der Waals surface area contributed by atoms with Gasteiger partial charge in [-0.05, 0) is 20.2 Å². The third kappa shape index (κ3) is 4.48. The van der Waals surface area contributed by atoms with Gasteiger partial charge in [0.15, 0.2) is 16.6 Å². The van der Waals surface area contributed by atoms with Crippen LogP contribution >= 0.6 is 35.1 Å². The number of thiophene rings is 1. The highest BCUT2D eigenvalue weighted by Crippen LogP contribution is 2.39. The summed E-state index contributed by atoms with van der Waals surface area (Å²) in [5.74, 6) is 1.00. The van der Waals surface area contributed by atoms with E-state index in [4.69, 9.17) is 9.47 Å². The van der Waals surface area contributed by atoms with Crippen molar-refractivity contribution in [3.05, 3.63) is 39.3 Å². The van der Waals surface area contributed by atoms with Crippen molar-refractivity contribution in [2.75, 3.05) is 45.3 Å². The second-order valence-electron chi connectivity index (χ2n) is 6.62. The van der Waals surface area contributed by atoms with E-state index in [0.717, 1.165) is 16.0 Å². The second kappa shape index (κ2) is 9.13. The first kappa shape index (κ1) is 22.2. The van der Waals surface area contributed by atoms with Gasteiger partial charge in [-0.3, -0.25) is 19.8 Å². The van der Waals surface area contributed by atoms with E-state index in [1.807, 2.05) is 31.1 Å². The van der Waals surface area contributed by atoms with Crippen molar-refractivity contribution in [1.29, 1.82) is 0 Å². The summed E-state index contributed by atoms with van der Waals surface area (Å²) in [5.41, 5.74) is 0.717. The standard InChI is InChI=1S/C18H18N4O5S2.ClH/c1-20(2)5-6-21(17(23)14-3-4-16(28-14)22(24)25)18-19-11-9-12-13(10-15(11)29-18)27-8-7-26-12;/h3-4,9-10H,5-8H2,1-2H3;1H. The maximum atomic E-state index is 13.1. The molecule has 4 rings (SSSR count). The smallest absolute Gasteiger partial charge is 0.324 e. The number of thiazole rings is 1. The number of amides is 1. The summed E-state index contributed by atoms with van der Waals surface area (Å²) in [6.07, 6.45) is 0. The van der Waals surface area contributed by atoms with Gasteiger partial charge in [-0.2, -0.15) is 0 Å². The number of nitrogens with zero attached hydrogens (tertiary/aromatic N) is 4. The van der Waals surface area contributed by atoms with Gasteiger partial charge in [0, 0.05) is 31.3 Å². The lowest BCUT2D eigenvalue weighted by Crippen LogP contribution is -2.36. The number of nitro groups is 1. The van der Waals surface area contributed by atoms with E-state index in [9.17, 15) is 14.9 Å². The van der Waals surface area contributed by atoms with Crippen LogP contribution in [0.15, 0.2) is 24.3 Å². The van der Waals surface area contributed by atoms with Crippen molar-refractivity contribution in [3.63, 3.8) is 0 Å². The summed E-state index contributed by atoms with van der Waals surface area (Å²) in [5, 5.41) is 11.5. The summed E-state index contributed by atoms with van der Waals surface area (Å²) in [6, 6.07) is 6.52. The summed E-state index contributed by atoms with van der Waals surface area (Å²) in [6.45, 7) is 2.01. The Labute approximate surface area is 186 Å². The predicted molar refractivity (Wildman–Crippen MR) is 119 cm³/mol. The topological polar surface area (TPSA) is 98.0 Å². The lowest BCUT2D eigenvalue weighted by atomic mass is 10.3. The molecule has 3 aromatic rings. The third-order valence-corrected chi connectivity index (χ3v) is 6.34. The van der Waals surface area contributed by atoms with Crippen LogP contribution in [0.3, 0.4) is 0 Å². The molecular weight excluding hydrogens is 452 g/mol. The molecule has 0 radical (unpaired) electrons. The van der Waals surface area contributed by atoms with E-state index in [-0.39, 0.29) is 23.3 Å². The van der Waals surface area contributed by atoms with Crippen molar-refractivity contribution in [3.8, 4) is 11.5 Å². The summed E-state index contributed by atoms with van der Waals surface area (Å²) < 4.78 is 12.1. The minimum Gasteiger partial charge on any atom is -0.486 e. The fraction of sp³-hybridized carbons (Fsp3) is 0.333. The van der Waals surface area contributed by atoms with Gasteiger partial charge in [-0.1, -0.05) is 22.7 Å². The number of hydrogen-bond donors (Lipinski definition) is 0. The van der Waals surface area contributed by atoms with Crippen molar-refractivity contribution < 1.29 is 19.2 Å². The highest BCUT2D eigenvalue weighted by molar-refractivity contribution is 7.22. The number of ether oxygens (including phenoxy) is 2. The molecule has 12 heteroatoms. The Bertz CT molecular complexity index is 1040. The number of anilines is 1. The third-order valence-electron chi connectivity index (χ3n) is 4.27. The molecule has 3 heterocycles. The molecule has 0 atom stereocenters. The molecule has 0 unspecified atom stereocenters. The Morgan fingerprint density at radius 2 is 1.87 bits per heavy atom. The first-order valence-corrected chi connectivity index (χ1v) is 10.5. The molecule has 30 heavy (non-hydrogen) atoms. The Kier molecular flexibility index (Phi) is 6.76. The number of halogens is 1. The van der Waals surface area contributed by atoms with E-state index in [2.05, 4.69) is 4.98 Å². The molecule has 0 spiro atoms. The van der Waals surface area contributed by atoms with Crippen molar-refractivity contribution in [2.45, 2.75) is 0 Å². The minimum absolute atomic E-state index is 0. The molecule has 1 aliphatic heterocycles. The molecule has 0 N–H and O–H groups in total. The van der Waals surface area contributed by atoms with Crippen LogP contribution in [0.2, 0.25) is 0 Å². The molecule has 9 nitrogen and oxygen atoms in total. The number of aromatic nitrogens is 1. The Morgan fingerprint density at radius 3 is 2.50 bits per heavy atom. The lowest BCUT2D eigenvalue weighted by Gasteiger charge is -2.21. The number of carbonyl (C=O) groups excluding carboxylic acids is 1. The van der Waals surface area contributed by atoms with Gasteiger partial charge in [0.25, 0.3) is 5.91 Å². The average Bonchev–Trinajstić information content (AvgIpc) is 3.33. The van der Waals surface area contributed by atoms with Crippen molar-refractivity contribution in [2.24, 2.45) is 0 Å². The van der Waals surface area contributed by atoms with Gasteiger partial charge >= 0.3 is 5.00 Å². The zero-order chi connectivity index (χ0) is 20.5. The fourth-order valence-electron chi connectivity index (χ4n) is 2.83. The number of fused-ring (bicyclic) bond motifs is 2. The molecule has 1 aliphatic rings. The molecule has 160 valence electrons. The number of rotatable bonds is 6. The molecule has 0 saturated carbocycles. The summed E-state index contributed by atoms with van der Waals surface area (Å²) in [4.78, 5) is 32.1. The lowest BCUT2D eigenvalue weighted by molar-refractivity contribution is -0.380. The number of benzene rings is 1. The van der Waals surface area contributed by atoms with E-state index in [0.29, 0.717) is 53.3 Å². The van der Waals surface area contributed by atoms with E-state index in [1.54, 1.807) is 4.90 Å². The molecule has 0 saturated heterocycles. The van der Waals surface area contributed by atoms with Crippen LogP contribution in [-0.2, 0) is 0 Å². The molecule has 2 aromatic heterocycles. The molecule has 0 aliphatic carbocycles. The molecule has 1 aromatic carbocycles. The molecule has 0 fully saturated rings. The maximum Gasteiger partial charge on any atom is 0.324 e. The molecule has 1 amide bonds. The number of likely N-dealkylation sites (N-methyl/N-ethyl adjacent to an activating group) is 1. The average molecular weight is 471 g/mol. The monoisotopic (exact) mass is 470 g/mol. The van der Waals surface area contributed by atoms with E-state index in [1.165, 1.54) is 23.5 Å². The molecule has 0 bridgehead atoms. The van der Waals surface area contributed by atoms with Crippen LogP contribution in [-0.4, -0.2) is 61.1 Å². The quantitative estimate of drug-likeness (QED) is 0.400. The largest absolute Gasteiger partial charge is 0.486 e.